The van der Waals surface area contributed by atoms with Gasteiger partial charge in [0.15, 0.2) is 11.2 Å². The van der Waals surface area contributed by atoms with Crippen LogP contribution in [0.4, 0.5) is 5.69 Å². The molecule has 0 bridgehead atoms. The van der Waals surface area contributed by atoms with Crippen LogP contribution in [0.2, 0.25) is 0 Å². The van der Waals surface area contributed by atoms with Crippen LogP contribution >= 0.6 is 0 Å². The van der Waals surface area contributed by atoms with Crippen LogP contribution in [0.1, 0.15) is 21.7 Å². The van der Waals surface area contributed by atoms with E-state index in [0.717, 1.165) is 16.7 Å². The van der Waals surface area contributed by atoms with Crippen molar-refractivity contribution in [1.29, 1.82) is 0 Å². The molecule has 0 atom stereocenters. The molecule has 0 fully saturated rings. The minimum Gasteiger partial charge on any atom is -0.434 e. The number of rotatable bonds is 4. The van der Waals surface area contributed by atoms with E-state index in [2.05, 4.69) is 15.3 Å². The maximum Gasteiger partial charge on any atom is 0.344 e. The molecule has 3 aromatic carbocycles. The summed E-state index contributed by atoms with van der Waals surface area (Å²) in [5.41, 5.74) is 4.98. The zero-order valence-corrected chi connectivity index (χ0v) is 20.1. The topological polar surface area (TPSA) is 98.2 Å². The van der Waals surface area contributed by atoms with E-state index >= 15 is 0 Å². The Morgan fingerprint density at radius 2 is 1.59 bits per heavy atom. The summed E-state index contributed by atoms with van der Waals surface area (Å²) in [5.74, 6) is -0.192. The van der Waals surface area contributed by atoms with Gasteiger partial charge >= 0.3 is 5.63 Å². The van der Waals surface area contributed by atoms with Gasteiger partial charge in [-0.1, -0.05) is 54.1 Å². The molecule has 7 nitrogen and oxygen atoms in total. The van der Waals surface area contributed by atoms with Gasteiger partial charge in [0.05, 0.1) is 5.39 Å². The highest BCUT2D eigenvalue weighted by atomic mass is 16.4. The molecule has 0 saturated heterocycles. The van der Waals surface area contributed by atoms with Crippen LogP contribution in [0.15, 0.2) is 98.7 Å². The van der Waals surface area contributed by atoms with Crippen molar-refractivity contribution < 1.29 is 13.6 Å². The smallest absolute Gasteiger partial charge is 0.344 e. The second-order valence-electron chi connectivity index (χ2n) is 8.83. The van der Waals surface area contributed by atoms with Crippen LogP contribution in [-0.4, -0.2) is 15.9 Å². The van der Waals surface area contributed by atoms with Crippen LogP contribution in [0.5, 0.6) is 0 Å². The lowest BCUT2D eigenvalue weighted by Crippen LogP contribution is -2.17. The Kier molecular flexibility index (Phi) is 5.38. The van der Waals surface area contributed by atoms with E-state index in [1.807, 2.05) is 62.4 Å². The Balaban J connectivity index is 1.44. The Bertz CT molecular complexity index is 1830. The summed E-state index contributed by atoms with van der Waals surface area (Å²) in [6, 6.07) is 24.0. The van der Waals surface area contributed by atoms with E-state index in [0.29, 0.717) is 44.7 Å². The predicted molar refractivity (Wildman–Crippen MR) is 143 cm³/mol. The van der Waals surface area contributed by atoms with Crippen molar-refractivity contribution in [3.05, 3.63) is 112 Å². The lowest BCUT2D eigenvalue weighted by atomic mass is 9.97. The van der Waals surface area contributed by atoms with Gasteiger partial charge in [-0.3, -0.25) is 4.79 Å². The SMILES string of the molecule is Cc1ccc(-c2c(C(=O)Nc3cc(-c4nc5ncccc5o4)ccc3C)oc(=O)c3ccccc23)cc1. The molecule has 0 saturated carbocycles. The number of benzene rings is 3. The van der Waals surface area contributed by atoms with E-state index in [9.17, 15) is 9.59 Å². The summed E-state index contributed by atoms with van der Waals surface area (Å²) in [7, 11) is 0. The molecule has 0 aliphatic rings. The summed E-state index contributed by atoms with van der Waals surface area (Å²) in [4.78, 5) is 35.1. The van der Waals surface area contributed by atoms with Gasteiger partial charge in [0.2, 0.25) is 11.7 Å². The fraction of sp³-hybridized carbons (Fsp3) is 0.0667. The third-order valence-corrected chi connectivity index (χ3v) is 6.28. The van der Waals surface area contributed by atoms with Gasteiger partial charge in [-0.05, 0) is 55.3 Å². The van der Waals surface area contributed by atoms with Crippen molar-refractivity contribution in [2.75, 3.05) is 5.32 Å². The molecular weight excluding hydrogens is 466 g/mol. The summed E-state index contributed by atoms with van der Waals surface area (Å²) >= 11 is 0. The molecule has 0 aliphatic heterocycles. The van der Waals surface area contributed by atoms with Crippen LogP contribution in [0.3, 0.4) is 0 Å². The highest BCUT2D eigenvalue weighted by Gasteiger charge is 2.22. The van der Waals surface area contributed by atoms with Crippen molar-refractivity contribution in [3.63, 3.8) is 0 Å². The Hall–Kier alpha value is -5.04. The van der Waals surface area contributed by atoms with Gasteiger partial charge in [0, 0.05) is 28.4 Å². The van der Waals surface area contributed by atoms with E-state index in [1.54, 1.807) is 36.5 Å². The number of anilines is 1. The van der Waals surface area contributed by atoms with E-state index in [-0.39, 0.29) is 5.76 Å². The maximum atomic E-state index is 13.6. The first-order valence-corrected chi connectivity index (χ1v) is 11.7. The molecule has 0 aliphatic carbocycles. The average molecular weight is 488 g/mol. The van der Waals surface area contributed by atoms with Crippen molar-refractivity contribution in [2.24, 2.45) is 0 Å². The zero-order chi connectivity index (χ0) is 25.5. The fourth-order valence-electron chi connectivity index (χ4n) is 4.33. The number of pyridine rings is 1. The molecule has 0 spiro atoms. The van der Waals surface area contributed by atoms with Gasteiger partial charge in [-0.2, -0.15) is 4.98 Å². The zero-order valence-electron chi connectivity index (χ0n) is 20.1. The molecule has 3 heterocycles. The van der Waals surface area contributed by atoms with Crippen LogP contribution in [0, 0.1) is 13.8 Å². The maximum absolute atomic E-state index is 13.6. The number of oxazole rings is 1. The standard InChI is InChI=1S/C30H21N3O4/c1-17-9-12-19(13-10-17)25-21-6-3-4-7-22(21)30(35)37-26(25)28(34)32-23-16-20(14-11-18(23)2)29-33-27-24(36-29)8-5-15-31-27/h3-16H,1-2H3,(H,32,34). The van der Waals surface area contributed by atoms with Crippen molar-refractivity contribution in [2.45, 2.75) is 13.8 Å². The van der Waals surface area contributed by atoms with E-state index < -0.39 is 11.5 Å². The number of aromatic nitrogens is 2. The fourth-order valence-corrected chi connectivity index (χ4v) is 4.33. The minimum absolute atomic E-state index is 0.0524. The van der Waals surface area contributed by atoms with Gasteiger partial charge in [-0.25, -0.2) is 9.78 Å². The molecular formula is C30H21N3O4. The van der Waals surface area contributed by atoms with Crippen molar-refractivity contribution in [1.82, 2.24) is 9.97 Å². The number of aryl methyl sites for hydroxylation is 2. The molecule has 3 aromatic heterocycles. The molecule has 180 valence electrons. The number of hydrogen-bond donors (Lipinski definition) is 1. The monoisotopic (exact) mass is 487 g/mol. The quantitative estimate of drug-likeness (QED) is 0.303. The van der Waals surface area contributed by atoms with Gasteiger partial charge < -0.3 is 14.2 Å². The first kappa shape index (κ1) is 22.4. The Labute approximate surface area is 211 Å². The van der Waals surface area contributed by atoms with Gasteiger partial charge in [-0.15, -0.1) is 0 Å². The van der Waals surface area contributed by atoms with Crippen LogP contribution in [-0.2, 0) is 0 Å². The third kappa shape index (κ3) is 4.06. The number of nitrogens with zero attached hydrogens (tertiary/aromatic N) is 2. The second-order valence-corrected chi connectivity index (χ2v) is 8.83. The van der Waals surface area contributed by atoms with Crippen LogP contribution < -0.4 is 10.9 Å². The van der Waals surface area contributed by atoms with Crippen molar-refractivity contribution >= 4 is 33.6 Å². The molecule has 0 unspecified atom stereocenters. The molecule has 1 amide bonds. The molecule has 37 heavy (non-hydrogen) atoms. The van der Waals surface area contributed by atoms with Crippen LogP contribution in [0.25, 0.3) is 44.6 Å². The lowest BCUT2D eigenvalue weighted by molar-refractivity contribution is 0.0994. The van der Waals surface area contributed by atoms with Gasteiger partial charge in [0.1, 0.15) is 0 Å². The summed E-state index contributed by atoms with van der Waals surface area (Å²) in [5, 5.41) is 3.99. The molecule has 1 N–H and O–H groups in total. The molecule has 7 heteroatoms. The highest BCUT2D eigenvalue weighted by molar-refractivity contribution is 6.12. The Morgan fingerprint density at radius 3 is 2.38 bits per heavy atom. The summed E-state index contributed by atoms with van der Waals surface area (Å²) < 4.78 is 11.5. The summed E-state index contributed by atoms with van der Waals surface area (Å²) in [6.45, 7) is 3.87. The predicted octanol–water partition coefficient (Wildman–Crippen LogP) is 6.53. The van der Waals surface area contributed by atoms with E-state index in [1.165, 1.54) is 0 Å². The number of amides is 1. The lowest BCUT2D eigenvalue weighted by Gasteiger charge is -2.14. The number of fused-ring (bicyclic) bond motifs is 2. The number of carbonyl (C=O) groups excluding carboxylic acids is 1. The molecule has 6 rings (SSSR count). The Morgan fingerprint density at radius 1 is 0.838 bits per heavy atom. The van der Waals surface area contributed by atoms with Crippen molar-refractivity contribution in [3.8, 4) is 22.6 Å². The average Bonchev–Trinajstić information content (AvgIpc) is 3.35. The number of nitrogens with one attached hydrogen (secondary N) is 1. The first-order valence-electron chi connectivity index (χ1n) is 11.7. The second kappa shape index (κ2) is 8.87. The largest absolute Gasteiger partial charge is 0.434 e. The molecule has 6 aromatic rings. The van der Waals surface area contributed by atoms with Gasteiger partial charge in [0.25, 0.3) is 5.91 Å². The normalized spacial score (nSPS) is 11.2. The third-order valence-electron chi connectivity index (χ3n) is 6.28. The summed E-state index contributed by atoms with van der Waals surface area (Å²) in [6.07, 6.45) is 1.65. The first-order chi connectivity index (χ1) is 18.0. The minimum atomic E-state index is -0.568. The number of hydrogen-bond acceptors (Lipinski definition) is 6. The number of carbonyl (C=O) groups is 1. The molecule has 0 radical (unpaired) electrons. The highest BCUT2D eigenvalue weighted by Crippen LogP contribution is 2.32. The van der Waals surface area contributed by atoms with E-state index in [4.69, 9.17) is 8.83 Å².